The highest BCUT2D eigenvalue weighted by Crippen LogP contribution is 2.28. The van der Waals surface area contributed by atoms with Gasteiger partial charge in [-0.3, -0.25) is 9.78 Å². The molecule has 0 unspecified atom stereocenters. The van der Waals surface area contributed by atoms with Crippen molar-refractivity contribution in [3.8, 4) is 0 Å². The SMILES string of the molecule is C[Si](C)(C)CCOCn1cc(I)c2c(=O)[nH]c(Cl)nc21.C[Si](C)(C)CCOCn1cc(I)c2c(Cl)nc(Cl)nc21. The molecule has 1 N–H and O–H groups in total. The molecule has 16 heteroatoms. The Morgan fingerprint density at radius 3 is 1.77 bits per heavy atom. The number of halogens is 5. The molecular weight excluding hydrogens is 837 g/mol. The fourth-order valence-electron chi connectivity index (χ4n) is 3.47. The van der Waals surface area contributed by atoms with Gasteiger partial charge in [0.25, 0.3) is 5.56 Å². The van der Waals surface area contributed by atoms with Crippen LogP contribution in [-0.2, 0) is 22.9 Å². The van der Waals surface area contributed by atoms with Crippen LogP contribution in [0.15, 0.2) is 17.2 Å². The summed E-state index contributed by atoms with van der Waals surface area (Å²) in [6, 6.07) is 2.25. The first-order valence-electron chi connectivity index (χ1n) is 12.5. The molecule has 4 aromatic heterocycles. The molecule has 0 saturated heterocycles. The van der Waals surface area contributed by atoms with Crippen LogP contribution in [0.2, 0.25) is 67.1 Å². The number of aromatic amines is 1. The Morgan fingerprint density at radius 2 is 1.27 bits per heavy atom. The number of fused-ring (bicyclic) bond motifs is 2. The van der Waals surface area contributed by atoms with Gasteiger partial charge in [0, 0.05) is 48.9 Å². The van der Waals surface area contributed by atoms with Crippen LogP contribution in [0.3, 0.4) is 0 Å². The second kappa shape index (κ2) is 14.5. The average molecular weight is 870 g/mol. The number of nitrogens with one attached hydrogen (secondary N) is 1. The fraction of sp³-hybridized carbons (Fsp3) is 0.500. The minimum Gasteiger partial charge on any atom is -0.361 e. The lowest BCUT2D eigenvalue weighted by Crippen LogP contribution is -2.22. The highest BCUT2D eigenvalue weighted by Gasteiger charge is 2.16. The summed E-state index contributed by atoms with van der Waals surface area (Å²) in [5.74, 6) is 0. The van der Waals surface area contributed by atoms with Gasteiger partial charge in [0.1, 0.15) is 24.3 Å². The molecule has 0 spiro atoms. The topological polar surface area (TPSA) is 99.8 Å². The van der Waals surface area contributed by atoms with E-state index in [9.17, 15) is 4.79 Å². The third kappa shape index (κ3) is 9.89. The Hall–Kier alpha value is -0.276. The summed E-state index contributed by atoms with van der Waals surface area (Å²) >= 11 is 22.1. The minimum atomic E-state index is -1.09. The number of hydrogen-bond donors (Lipinski definition) is 1. The number of ether oxygens (including phenoxy) is 2. The first-order chi connectivity index (χ1) is 18.6. The van der Waals surface area contributed by atoms with Crippen molar-refractivity contribution < 1.29 is 9.47 Å². The van der Waals surface area contributed by atoms with Crippen LogP contribution in [0.1, 0.15) is 0 Å². The van der Waals surface area contributed by atoms with Crippen LogP contribution in [0.5, 0.6) is 0 Å². The molecule has 9 nitrogen and oxygen atoms in total. The third-order valence-electron chi connectivity index (χ3n) is 5.70. The number of rotatable bonds is 10. The summed E-state index contributed by atoms with van der Waals surface area (Å²) < 4.78 is 17.0. The molecule has 4 heterocycles. The fourth-order valence-corrected chi connectivity index (χ4v) is 7.44. The van der Waals surface area contributed by atoms with Gasteiger partial charge < -0.3 is 18.6 Å². The second-order valence-electron chi connectivity index (χ2n) is 11.6. The number of aromatic nitrogens is 6. The maximum absolute atomic E-state index is 11.9. The smallest absolute Gasteiger partial charge is 0.262 e. The standard InChI is InChI=1S/C12H16Cl2IN3OSi.C12H17ClIN3O2Si/c1-20(2,3)5-4-19-7-18-6-8(15)9-10(13)16-12(14)17-11(9)18;1-20(2,3)5-4-19-7-17-6-8(14)9-10(17)15-12(13)16-11(9)18/h6H,4-5,7H2,1-3H3;6H,4-5,7H2,1-3H3,(H,15,16,18). The van der Waals surface area contributed by atoms with Gasteiger partial charge in [0.2, 0.25) is 10.6 Å². The minimum absolute atomic E-state index is 0.0975. The van der Waals surface area contributed by atoms with E-state index >= 15 is 0 Å². The van der Waals surface area contributed by atoms with Gasteiger partial charge in [-0.2, -0.15) is 4.98 Å². The van der Waals surface area contributed by atoms with Crippen LogP contribution >= 0.6 is 80.0 Å². The van der Waals surface area contributed by atoms with E-state index < -0.39 is 16.1 Å². The summed E-state index contributed by atoms with van der Waals surface area (Å²) in [6.07, 6.45) is 3.81. The molecule has 0 bridgehead atoms. The molecule has 0 aliphatic rings. The molecule has 4 rings (SSSR count). The van der Waals surface area contributed by atoms with Gasteiger partial charge in [0.05, 0.1) is 10.8 Å². The molecule has 0 radical (unpaired) electrons. The average Bonchev–Trinajstić information content (AvgIpc) is 3.29. The van der Waals surface area contributed by atoms with Gasteiger partial charge in [0.15, 0.2) is 5.65 Å². The zero-order valence-electron chi connectivity index (χ0n) is 23.2. The van der Waals surface area contributed by atoms with Crippen LogP contribution < -0.4 is 5.56 Å². The third-order valence-corrected chi connectivity index (χ3v) is 11.4. The van der Waals surface area contributed by atoms with Crippen molar-refractivity contribution in [3.05, 3.63) is 45.6 Å². The summed E-state index contributed by atoms with van der Waals surface area (Å²) in [7, 11) is -2.15. The van der Waals surface area contributed by atoms with Crippen molar-refractivity contribution in [1.29, 1.82) is 0 Å². The number of nitrogens with zero attached hydrogens (tertiary/aromatic N) is 5. The number of hydrogen-bond acceptors (Lipinski definition) is 6. The van der Waals surface area contributed by atoms with Gasteiger partial charge in [-0.15, -0.1) is 0 Å². The molecule has 0 amide bonds. The molecule has 0 atom stereocenters. The van der Waals surface area contributed by atoms with E-state index in [1.165, 1.54) is 0 Å². The van der Waals surface area contributed by atoms with Gasteiger partial charge >= 0.3 is 0 Å². The molecule has 220 valence electrons. The molecule has 0 aliphatic heterocycles. The van der Waals surface area contributed by atoms with E-state index in [4.69, 9.17) is 44.3 Å². The highest BCUT2D eigenvalue weighted by atomic mass is 127. The van der Waals surface area contributed by atoms with Crippen LogP contribution in [0.25, 0.3) is 22.1 Å². The first kappa shape index (κ1) is 34.2. The van der Waals surface area contributed by atoms with Gasteiger partial charge in [-0.05, 0) is 80.5 Å². The van der Waals surface area contributed by atoms with E-state index in [1.807, 2.05) is 21.5 Å². The van der Waals surface area contributed by atoms with E-state index in [1.54, 1.807) is 0 Å². The Kier molecular flexibility index (Phi) is 12.4. The largest absolute Gasteiger partial charge is 0.361 e. The molecule has 0 fully saturated rings. The normalized spacial score (nSPS) is 12.3. The molecule has 0 aromatic carbocycles. The predicted molar refractivity (Wildman–Crippen MR) is 187 cm³/mol. The molecule has 40 heavy (non-hydrogen) atoms. The van der Waals surface area contributed by atoms with Crippen molar-refractivity contribution in [3.63, 3.8) is 0 Å². The Labute approximate surface area is 278 Å². The summed E-state index contributed by atoms with van der Waals surface area (Å²) in [5.41, 5.74) is 1.06. The summed E-state index contributed by atoms with van der Waals surface area (Å²) in [6.45, 7) is 16.2. The number of H-pyrrole nitrogens is 1. The Bertz CT molecular complexity index is 1530. The van der Waals surface area contributed by atoms with E-state index in [2.05, 4.69) is 104 Å². The molecule has 0 aliphatic carbocycles. The summed E-state index contributed by atoms with van der Waals surface area (Å²) in [5, 5.41) is 2.01. The van der Waals surface area contributed by atoms with Crippen LogP contribution in [0, 0.1) is 7.14 Å². The van der Waals surface area contributed by atoms with Crippen LogP contribution in [0.4, 0.5) is 0 Å². The van der Waals surface area contributed by atoms with Gasteiger partial charge in [-0.25, -0.2) is 9.97 Å². The lowest BCUT2D eigenvalue weighted by Gasteiger charge is -2.15. The van der Waals surface area contributed by atoms with E-state index in [0.29, 0.717) is 35.3 Å². The lowest BCUT2D eigenvalue weighted by atomic mass is 10.4. The maximum atomic E-state index is 11.9. The zero-order valence-corrected chi connectivity index (χ0v) is 31.8. The lowest BCUT2D eigenvalue weighted by molar-refractivity contribution is 0.0897. The van der Waals surface area contributed by atoms with Crippen LogP contribution in [-0.4, -0.2) is 58.4 Å². The highest BCUT2D eigenvalue weighted by molar-refractivity contribution is 14.1. The van der Waals surface area contributed by atoms with Crippen molar-refractivity contribution in [2.75, 3.05) is 13.2 Å². The van der Waals surface area contributed by atoms with Crippen molar-refractivity contribution in [1.82, 2.24) is 29.1 Å². The second-order valence-corrected chi connectivity index (χ2v) is 26.2. The van der Waals surface area contributed by atoms with Gasteiger partial charge in [-0.1, -0.05) is 50.9 Å². The van der Waals surface area contributed by atoms with E-state index in [0.717, 1.165) is 37.8 Å². The van der Waals surface area contributed by atoms with Crippen molar-refractivity contribution in [2.24, 2.45) is 0 Å². The summed E-state index contributed by atoms with van der Waals surface area (Å²) in [4.78, 5) is 26.8. The molecule has 0 saturated carbocycles. The Balaban J connectivity index is 0.000000220. The monoisotopic (exact) mass is 868 g/mol. The quantitative estimate of drug-likeness (QED) is 0.0572. The maximum Gasteiger partial charge on any atom is 0.262 e. The van der Waals surface area contributed by atoms with Crippen molar-refractivity contribution in [2.45, 2.75) is 64.8 Å². The zero-order chi connectivity index (χ0) is 29.8. The Morgan fingerprint density at radius 1 is 0.800 bits per heavy atom. The predicted octanol–water partition coefficient (Wildman–Crippen LogP) is 7.95. The van der Waals surface area contributed by atoms with Crippen molar-refractivity contribution >= 4 is 118 Å². The molecular formula is C24H33Cl3I2N6O3Si2. The first-order valence-corrected chi connectivity index (χ1v) is 23.2. The van der Waals surface area contributed by atoms with E-state index in [-0.39, 0.29) is 16.1 Å². The molecule has 4 aromatic rings.